The lowest BCUT2D eigenvalue weighted by molar-refractivity contribution is 0.242. The summed E-state index contributed by atoms with van der Waals surface area (Å²) in [7, 11) is 0. The second-order valence-corrected chi connectivity index (χ2v) is 5.91. The molecule has 2 fully saturated rings. The first kappa shape index (κ1) is 12.5. The van der Waals surface area contributed by atoms with Gasteiger partial charge in [0, 0.05) is 18.3 Å². The molecule has 1 aromatic rings. The maximum Gasteiger partial charge on any atom is 0.130 e. The van der Waals surface area contributed by atoms with Crippen molar-refractivity contribution in [3.8, 4) is 6.07 Å². The van der Waals surface area contributed by atoms with Crippen molar-refractivity contribution in [3.05, 3.63) is 23.4 Å². The molecule has 3 nitrogen and oxygen atoms in total. The Kier molecular flexibility index (Phi) is 3.42. The average molecular weight is 255 g/mol. The highest BCUT2D eigenvalue weighted by molar-refractivity contribution is 5.48. The normalized spacial score (nSPS) is 26.6. The Morgan fingerprint density at radius 2 is 2.00 bits per heavy atom. The Labute approximate surface area is 115 Å². The Hall–Kier alpha value is -1.56. The summed E-state index contributed by atoms with van der Waals surface area (Å²) in [6.45, 7) is 3.08. The number of piperidine rings is 1. The number of hydrogen-bond donors (Lipinski definition) is 0. The molecule has 0 radical (unpaired) electrons. The summed E-state index contributed by atoms with van der Waals surface area (Å²) in [5, 5.41) is 9.12. The minimum Gasteiger partial charge on any atom is -0.353 e. The van der Waals surface area contributed by atoms with Gasteiger partial charge in [0.1, 0.15) is 5.82 Å². The van der Waals surface area contributed by atoms with Gasteiger partial charge in [-0.05, 0) is 50.7 Å². The Balaban J connectivity index is 1.91. The average Bonchev–Trinajstić information content (AvgIpc) is 2.46. The summed E-state index contributed by atoms with van der Waals surface area (Å²) in [5.74, 6) is 1.86. The van der Waals surface area contributed by atoms with E-state index in [2.05, 4.69) is 16.0 Å². The summed E-state index contributed by atoms with van der Waals surface area (Å²) in [6.07, 6.45) is 8.03. The van der Waals surface area contributed by atoms with E-state index in [0.29, 0.717) is 6.04 Å². The van der Waals surface area contributed by atoms with Crippen LogP contribution < -0.4 is 4.90 Å². The van der Waals surface area contributed by atoms with E-state index in [0.717, 1.165) is 29.5 Å². The molecule has 100 valence electrons. The van der Waals surface area contributed by atoms with Crippen LogP contribution in [0.1, 0.15) is 49.8 Å². The van der Waals surface area contributed by atoms with Crippen molar-refractivity contribution in [1.29, 1.82) is 5.26 Å². The fourth-order valence-corrected chi connectivity index (χ4v) is 3.77. The largest absolute Gasteiger partial charge is 0.353 e. The lowest BCUT2D eigenvalue weighted by Gasteiger charge is -2.44. The number of fused-ring (bicyclic) bond motifs is 1. The van der Waals surface area contributed by atoms with Gasteiger partial charge in [0.05, 0.1) is 11.6 Å². The number of nitriles is 1. The molecule has 1 aliphatic heterocycles. The molecule has 0 unspecified atom stereocenters. The third-order valence-corrected chi connectivity index (χ3v) is 4.61. The molecule has 2 aliphatic rings. The minimum absolute atomic E-state index is 0.656. The van der Waals surface area contributed by atoms with Crippen LogP contribution in [0.2, 0.25) is 0 Å². The van der Waals surface area contributed by atoms with Crippen molar-refractivity contribution in [2.45, 2.75) is 51.5 Å². The van der Waals surface area contributed by atoms with Gasteiger partial charge in [-0.15, -0.1) is 0 Å². The number of aryl methyl sites for hydroxylation is 1. The molecule has 1 aromatic heterocycles. The number of rotatable bonds is 1. The van der Waals surface area contributed by atoms with Crippen LogP contribution in [0.4, 0.5) is 5.82 Å². The van der Waals surface area contributed by atoms with Crippen LogP contribution in [0.5, 0.6) is 0 Å². The van der Waals surface area contributed by atoms with Crippen molar-refractivity contribution in [1.82, 2.24) is 4.98 Å². The molecule has 3 rings (SSSR count). The van der Waals surface area contributed by atoms with Crippen LogP contribution >= 0.6 is 0 Å². The number of anilines is 1. The topological polar surface area (TPSA) is 39.9 Å². The first-order valence-electron chi connectivity index (χ1n) is 7.43. The fourth-order valence-electron chi connectivity index (χ4n) is 3.77. The van der Waals surface area contributed by atoms with Gasteiger partial charge in [0.25, 0.3) is 0 Å². The van der Waals surface area contributed by atoms with Crippen molar-refractivity contribution >= 4 is 5.82 Å². The van der Waals surface area contributed by atoms with Crippen molar-refractivity contribution in [2.75, 3.05) is 11.4 Å². The Morgan fingerprint density at radius 3 is 2.84 bits per heavy atom. The number of nitrogens with zero attached hydrogens (tertiary/aromatic N) is 3. The smallest absolute Gasteiger partial charge is 0.130 e. The number of pyridine rings is 1. The first-order chi connectivity index (χ1) is 9.28. The van der Waals surface area contributed by atoms with E-state index in [1.54, 1.807) is 0 Å². The molecule has 1 saturated carbocycles. The summed E-state index contributed by atoms with van der Waals surface area (Å²) < 4.78 is 0. The van der Waals surface area contributed by atoms with Crippen LogP contribution in [0.25, 0.3) is 0 Å². The number of hydrogen-bond acceptors (Lipinski definition) is 3. The van der Waals surface area contributed by atoms with Gasteiger partial charge in [0.15, 0.2) is 0 Å². The molecule has 1 aliphatic carbocycles. The quantitative estimate of drug-likeness (QED) is 0.772. The van der Waals surface area contributed by atoms with Gasteiger partial charge >= 0.3 is 0 Å². The van der Waals surface area contributed by atoms with Crippen LogP contribution in [0, 0.1) is 24.2 Å². The lowest BCUT2D eigenvalue weighted by atomic mass is 9.78. The summed E-state index contributed by atoms with van der Waals surface area (Å²) in [4.78, 5) is 7.14. The Morgan fingerprint density at radius 1 is 1.21 bits per heavy atom. The van der Waals surface area contributed by atoms with Crippen LogP contribution in [0.3, 0.4) is 0 Å². The SMILES string of the molecule is Cc1cc(C#N)cc(N2CCC[C@H]3CCCC[C@H]32)n1. The van der Waals surface area contributed by atoms with E-state index < -0.39 is 0 Å². The molecular weight excluding hydrogens is 234 g/mol. The van der Waals surface area contributed by atoms with E-state index in [9.17, 15) is 0 Å². The van der Waals surface area contributed by atoms with E-state index in [1.165, 1.54) is 38.5 Å². The molecule has 0 aromatic carbocycles. The fraction of sp³-hybridized carbons (Fsp3) is 0.625. The van der Waals surface area contributed by atoms with E-state index in [4.69, 9.17) is 5.26 Å². The molecule has 0 N–H and O–H groups in total. The van der Waals surface area contributed by atoms with Gasteiger partial charge in [0.2, 0.25) is 0 Å². The molecule has 3 heteroatoms. The van der Waals surface area contributed by atoms with Gasteiger partial charge in [-0.25, -0.2) is 4.98 Å². The third kappa shape index (κ3) is 2.45. The van der Waals surface area contributed by atoms with E-state index >= 15 is 0 Å². The zero-order valence-corrected chi connectivity index (χ0v) is 11.6. The molecule has 19 heavy (non-hydrogen) atoms. The van der Waals surface area contributed by atoms with Gasteiger partial charge in [-0.1, -0.05) is 12.8 Å². The summed E-state index contributed by atoms with van der Waals surface area (Å²) in [5.41, 5.74) is 1.69. The van der Waals surface area contributed by atoms with Crippen LogP contribution in [0.15, 0.2) is 12.1 Å². The molecule has 0 bridgehead atoms. The Bertz CT molecular complexity index is 501. The third-order valence-electron chi connectivity index (χ3n) is 4.61. The molecule has 2 heterocycles. The summed E-state index contributed by atoms with van der Waals surface area (Å²) in [6, 6.07) is 6.74. The van der Waals surface area contributed by atoms with Gasteiger partial charge in [-0.2, -0.15) is 5.26 Å². The highest BCUT2D eigenvalue weighted by Crippen LogP contribution is 2.37. The maximum atomic E-state index is 9.12. The standard InChI is InChI=1S/C16H21N3/c1-12-9-13(11-17)10-16(18-12)19-8-4-6-14-5-2-3-7-15(14)19/h9-10,14-15H,2-8H2,1H3/t14-,15-/m1/s1. The van der Waals surface area contributed by atoms with Crippen molar-refractivity contribution in [2.24, 2.45) is 5.92 Å². The first-order valence-corrected chi connectivity index (χ1v) is 7.43. The number of aromatic nitrogens is 1. The predicted octanol–water partition coefficient (Wildman–Crippen LogP) is 3.42. The van der Waals surface area contributed by atoms with Crippen molar-refractivity contribution < 1.29 is 0 Å². The molecule has 0 spiro atoms. The van der Waals surface area contributed by atoms with Crippen LogP contribution in [-0.2, 0) is 0 Å². The van der Waals surface area contributed by atoms with E-state index in [1.807, 2.05) is 19.1 Å². The highest BCUT2D eigenvalue weighted by atomic mass is 15.2. The molecule has 0 amide bonds. The monoisotopic (exact) mass is 255 g/mol. The molecule has 2 atom stereocenters. The predicted molar refractivity (Wildman–Crippen MR) is 76.0 cm³/mol. The van der Waals surface area contributed by atoms with E-state index in [-0.39, 0.29) is 0 Å². The minimum atomic E-state index is 0.656. The maximum absolute atomic E-state index is 9.12. The zero-order chi connectivity index (χ0) is 13.2. The zero-order valence-electron chi connectivity index (χ0n) is 11.6. The van der Waals surface area contributed by atoms with Crippen molar-refractivity contribution in [3.63, 3.8) is 0 Å². The second kappa shape index (κ2) is 5.21. The molecular formula is C16H21N3. The van der Waals surface area contributed by atoms with Crippen LogP contribution in [-0.4, -0.2) is 17.6 Å². The second-order valence-electron chi connectivity index (χ2n) is 5.91. The summed E-state index contributed by atoms with van der Waals surface area (Å²) >= 11 is 0. The lowest BCUT2D eigenvalue weighted by Crippen LogP contribution is -2.47. The highest BCUT2D eigenvalue weighted by Gasteiger charge is 2.33. The van der Waals surface area contributed by atoms with Gasteiger partial charge < -0.3 is 4.90 Å². The van der Waals surface area contributed by atoms with Gasteiger partial charge in [-0.3, -0.25) is 0 Å². The molecule has 1 saturated heterocycles.